The van der Waals surface area contributed by atoms with E-state index in [2.05, 4.69) is 45.0 Å². The first-order valence-electron chi connectivity index (χ1n) is 10.1. The first kappa shape index (κ1) is 20.5. The van der Waals surface area contributed by atoms with Crippen LogP contribution in [0.1, 0.15) is 29.5 Å². The zero-order chi connectivity index (χ0) is 19.6. The third-order valence-corrected chi connectivity index (χ3v) is 5.52. The molecule has 4 heteroatoms. The number of piperidine rings is 1. The molecule has 1 saturated heterocycles. The van der Waals surface area contributed by atoms with Gasteiger partial charge in [0, 0.05) is 51.2 Å². The Morgan fingerprint density at radius 3 is 2.32 bits per heavy atom. The minimum Gasteiger partial charge on any atom is -0.383 e. The third kappa shape index (κ3) is 6.45. The van der Waals surface area contributed by atoms with Gasteiger partial charge in [-0.3, -0.25) is 9.88 Å². The van der Waals surface area contributed by atoms with Gasteiger partial charge in [0.1, 0.15) is 0 Å². The fourth-order valence-electron chi connectivity index (χ4n) is 3.87. The van der Waals surface area contributed by atoms with E-state index in [0.717, 1.165) is 44.3 Å². The van der Waals surface area contributed by atoms with Gasteiger partial charge in [-0.15, -0.1) is 6.42 Å². The van der Waals surface area contributed by atoms with Crippen LogP contribution in [0.3, 0.4) is 0 Å². The molecule has 1 aromatic carbocycles. The fraction of sp³-hybridized carbons (Fsp3) is 0.458. The summed E-state index contributed by atoms with van der Waals surface area (Å²) in [6.07, 6.45) is 11.8. The maximum Gasteiger partial charge on any atom is 0.0589 e. The average molecular weight is 378 g/mol. The van der Waals surface area contributed by atoms with E-state index in [1.165, 1.54) is 37.1 Å². The van der Waals surface area contributed by atoms with Crippen molar-refractivity contribution in [3.05, 3.63) is 65.5 Å². The summed E-state index contributed by atoms with van der Waals surface area (Å²) in [5, 5.41) is 0. The molecule has 1 aliphatic heterocycles. The Kier molecular flexibility index (Phi) is 8.05. The van der Waals surface area contributed by atoms with Gasteiger partial charge in [0.15, 0.2) is 0 Å². The van der Waals surface area contributed by atoms with Crippen molar-refractivity contribution in [1.29, 1.82) is 0 Å². The largest absolute Gasteiger partial charge is 0.383 e. The molecule has 1 fully saturated rings. The highest BCUT2D eigenvalue weighted by Crippen LogP contribution is 2.21. The van der Waals surface area contributed by atoms with Crippen molar-refractivity contribution in [2.75, 3.05) is 39.9 Å². The van der Waals surface area contributed by atoms with E-state index in [-0.39, 0.29) is 0 Å². The number of terminal acetylenes is 1. The van der Waals surface area contributed by atoms with Gasteiger partial charge in [0.25, 0.3) is 0 Å². The number of likely N-dealkylation sites (tertiary alicyclic amines) is 1. The van der Waals surface area contributed by atoms with Crippen molar-refractivity contribution >= 4 is 0 Å². The molecule has 1 aliphatic rings. The molecular weight excluding hydrogens is 346 g/mol. The number of benzene rings is 1. The Hall–Kier alpha value is -2.19. The van der Waals surface area contributed by atoms with Gasteiger partial charge >= 0.3 is 0 Å². The lowest BCUT2D eigenvalue weighted by Crippen LogP contribution is -2.39. The summed E-state index contributed by atoms with van der Waals surface area (Å²) in [7, 11) is 1.78. The molecule has 4 nitrogen and oxygen atoms in total. The Morgan fingerprint density at radius 2 is 1.71 bits per heavy atom. The highest BCUT2D eigenvalue weighted by Gasteiger charge is 2.21. The molecule has 2 heterocycles. The van der Waals surface area contributed by atoms with E-state index in [0.29, 0.717) is 0 Å². The second-order valence-electron chi connectivity index (χ2n) is 7.64. The molecule has 0 radical (unpaired) electrons. The van der Waals surface area contributed by atoms with Gasteiger partial charge in [-0.25, -0.2) is 0 Å². The molecule has 0 atom stereocenters. The number of hydrogen-bond acceptors (Lipinski definition) is 4. The number of ether oxygens (including phenoxy) is 1. The SMILES string of the molecule is C#Cc1ccc(CN(Cc2ccncc2)CC2CCN(CCOC)CC2)cc1. The van der Waals surface area contributed by atoms with Gasteiger partial charge < -0.3 is 9.64 Å². The molecule has 0 unspecified atom stereocenters. The number of methoxy groups -OCH3 is 1. The van der Waals surface area contributed by atoms with Crippen LogP contribution in [-0.4, -0.2) is 54.7 Å². The van der Waals surface area contributed by atoms with Gasteiger partial charge in [-0.05, 0) is 67.2 Å². The first-order chi connectivity index (χ1) is 13.8. The van der Waals surface area contributed by atoms with E-state index in [1.807, 2.05) is 24.5 Å². The zero-order valence-electron chi connectivity index (χ0n) is 16.9. The minimum atomic E-state index is 0.741. The lowest BCUT2D eigenvalue weighted by molar-refractivity contribution is 0.104. The molecule has 28 heavy (non-hydrogen) atoms. The zero-order valence-corrected chi connectivity index (χ0v) is 16.9. The van der Waals surface area contributed by atoms with Crippen molar-refractivity contribution in [3.8, 4) is 12.3 Å². The molecular formula is C24H31N3O. The van der Waals surface area contributed by atoms with Crippen molar-refractivity contribution in [1.82, 2.24) is 14.8 Å². The van der Waals surface area contributed by atoms with Crippen molar-refractivity contribution in [2.24, 2.45) is 5.92 Å². The van der Waals surface area contributed by atoms with Crippen LogP contribution in [0.2, 0.25) is 0 Å². The number of hydrogen-bond donors (Lipinski definition) is 0. The molecule has 0 N–H and O–H groups in total. The van der Waals surface area contributed by atoms with Crippen LogP contribution in [0.15, 0.2) is 48.8 Å². The smallest absolute Gasteiger partial charge is 0.0589 e. The number of aromatic nitrogens is 1. The maximum absolute atomic E-state index is 5.49. The Bertz CT molecular complexity index is 731. The second kappa shape index (κ2) is 11.0. The molecule has 0 saturated carbocycles. The summed E-state index contributed by atoms with van der Waals surface area (Å²) in [5.74, 6) is 3.44. The van der Waals surface area contributed by atoms with Crippen LogP contribution >= 0.6 is 0 Å². The van der Waals surface area contributed by atoms with Crippen LogP contribution in [0.4, 0.5) is 0 Å². The summed E-state index contributed by atoms with van der Waals surface area (Å²) in [6.45, 7) is 7.23. The summed E-state index contributed by atoms with van der Waals surface area (Å²) >= 11 is 0. The Labute approximate surface area is 169 Å². The number of pyridine rings is 1. The van der Waals surface area contributed by atoms with Crippen molar-refractivity contribution in [3.63, 3.8) is 0 Å². The Morgan fingerprint density at radius 1 is 1.07 bits per heavy atom. The van der Waals surface area contributed by atoms with E-state index >= 15 is 0 Å². The molecule has 148 valence electrons. The van der Waals surface area contributed by atoms with Crippen LogP contribution in [0, 0.1) is 18.3 Å². The monoisotopic (exact) mass is 377 g/mol. The van der Waals surface area contributed by atoms with Gasteiger partial charge in [-0.1, -0.05) is 18.1 Å². The van der Waals surface area contributed by atoms with Crippen LogP contribution in [-0.2, 0) is 17.8 Å². The molecule has 1 aromatic heterocycles. The van der Waals surface area contributed by atoms with E-state index in [4.69, 9.17) is 11.2 Å². The van der Waals surface area contributed by atoms with E-state index in [9.17, 15) is 0 Å². The highest BCUT2D eigenvalue weighted by molar-refractivity contribution is 5.34. The second-order valence-corrected chi connectivity index (χ2v) is 7.64. The quantitative estimate of drug-likeness (QED) is 0.626. The van der Waals surface area contributed by atoms with Crippen molar-refractivity contribution in [2.45, 2.75) is 25.9 Å². The summed E-state index contributed by atoms with van der Waals surface area (Å²) in [5.41, 5.74) is 3.56. The average Bonchev–Trinajstić information content (AvgIpc) is 2.74. The van der Waals surface area contributed by atoms with Crippen LogP contribution < -0.4 is 0 Å². The highest BCUT2D eigenvalue weighted by atomic mass is 16.5. The number of rotatable bonds is 9. The predicted molar refractivity (Wildman–Crippen MR) is 114 cm³/mol. The standard InChI is InChI=1S/C24H31N3O/c1-3-21-4-6-22(7-5-21)18-27(19-23-8-12-25-13-9-23)20-24-10-14-26(15-11-24)16-17-28-2/h1,4-9,12-13,24H,10-11,14-20H2,2H3. The molecule has 0 bridgehead atoms. The number of nitrogens with zero attached hydrogens (tertiary/aromatic N) is 3. The minimum absolute atomic E-state index is 0.741. The fourth-order valence-corrected chi connectivity index (χ4v) is 3.87. The van der Waals surface area contributed by atoms with Gasteiger partial charge in [0.2, 0.25) is 0 Å². The third-order valence-electron chi connectivity index (χ3n) is 5.52. The summed E-state index contributed by atoms with van der Waals surface area (Å²) in [6, 6.07) is 12.6. The normalized spacial score (nSPS) is 15.6. The maximum atomic E-state index is 5.49. The van der Waals surface area contributed by atoms with E-state index < -0.39 is 0 Å². The lowest BCUT2D eigenvalue weighted by atomic mass is 9.95. The molecule has 0 amide bonds. The van der Waals surface area contributed by atoms with E-state index in [1.54, 1.807) is 7.11 Å². The molecule has 0 aliphatic carbocycles. The summed E-state index contributed by atoms with van der Waals surface area (Å²) < 4.78 is 5.22. The predicted octanol–water partition coefficient (Wildman–Crippen LogP) is 3.42. The summed E-state index contributed by atoms with van der Waals surface area (Å²) in [4.78, 5) is 9.24. The molecule has 0 spiro atoms. The van der Waals surface area contributed by atoms with Gasteiger partial charge in [-0.2, -0.15) is 0 Å². The van der Waals surface area contributed by atoms with Crippen LogP contribution in [0.25, 0.3) is 0 Å². The topological polar surface area (TPSA) is 28.6 Å². The van der Waals surface area contributed by atoms with Gasteiger partial charge in [0.05, 0.1) is 6.61 Å². The first-order valence-corrected chi connectivity index (χ1v) is 10.1. The lowest BCUT2D eigenvalue weighted by Gasteiger charge is -2.35. The molecule has 3 rings (SSSR count). The Balaban J connectivity index is 1.60. The molecule has 2 aromatic rings. The van der Waals surface area contributed by atoms with Crippen molar-refractivity contribution < 1.29 is 4.74 Å². The van der Waals surface area contributed by atoms with Crippen LogP contribution in [0.5, 0.6) is 0 Å².